The van der Waals surface area contributed by atoms with Crippen molar-refractivity contribution in [3.63, 3.8) is 0 Å². The van der Waals surface area contributed by atoms with E-state index in [1.165, 1.54) is 41.9 Å². The van der Waals surface area contributed by atoms with Gasteiger partial charge in [-0.05, 0) is 55.4 Å². The van der Waals surface area contributed by atoms with Crippen molar-refractivity contribution in [3.8, 4) is 0 Å². The third kappa shape index (κ3) is 6.18. The Balaban J connectivity index is 1.19. The molecule has 2 aromatic heterocycles. The molecule has 11 heteroatoms. The predicted octanol–water partition coefficient (Wildman–Crippen LogP) is 7.58. The van der Waals surface area contributed by atoms with Crippen LogP contribution < -0.4 is 5.32 Å². The number of ether oxygens (including phenoxy) is 1. The van der Waals surface area contributed by atoms with E-state index < -0.39 is 5.82 Å². The molecule has 1 saturated carbocycles. The number of likely N-dealkylation sites (tertiary alicyclic amines) is 1. The summed E-state index contributed by atoms with van der Waals surface area (Å²) in [5, 5.41) is 6.34. The van der Waals surface area contributed by atoms with Crippen LogP contribution in [0, 0.1) is 11.7 Å². The minimum absolute atomic E-state index is 0.0891. The maximum absolute atomic E-state index is 15.4. The highest BCUT2D eigenvalue weighted by Crippen LogP contribution is 2.47. The van der Waals surface area contributed by atoms with Gasteiger partial charge in [0, 0.05) is 32.6 Å². The number of carbonyl (C=O) groups excluding carboxylic acids is 3. The fraction of sp³-hybridized carbons (Fsp3) is 0.375. The number of thiophene rings is 1. The number of halogens is 2. The molecule has 43 heavy (non-hydrogen) atoms. The standard InChI is InChI=1S/C32H31ClFN3O4S2/c1-41-30(39)11-10-20-16-35-32(43-20)27-13-18-6-2-4-8-26(18)37(27)29(38)14-19-12-23(33)25(15-24(19)34)36-31(40)22-17-42-28-9-5-3-7-21(22)28/h3,5,7,9,12,15-18,26-27H,2,4,6,8,10-11,13-14H2,1H3,(H,36,40)/t18?,26?,27-/m0/s1. The smallest absolute Gasteiger partial charge is 0.305 e. The summed E-state index contributed by atoms with van der Waals surface area (Å²) in [6, 6.07) is 10.1. The first-order chi connectivity index (χ1) is 20.8. The molecule has 2 aliphatic rings. The van der Waals surface area contributed by atoms with Crippen LogP contribution in [0.25, 0.3) is 10.1 Å². The lowest BCUT2D eigenvalue weighted by atomic mass is 9.84. The number of carbonyl (C=O) groups is 3. The average molecular weight is 640 g/mol. The van der Waals surface area contributed by atoms with Gasteiger partial charge >= 0.3 is 5.97 Å². The van der Waals surface area contributed by atoms with E-state index >= 15 is 4.39 Å². The number of benzene rings is 2. The van der Waals surface area contributed by atoms with Gasteiger partial charge in [0.05, 0.1) is 42.3 Å². The van der Waals surface area contributed by atoms with Gasteiger partial charge in [-0.25, -0.2) is 9.37 Å². The number of hydrogen-bond acceptors (Lipinski definition) is 7. The van der Waals surface area contributed by atoms with Crippen LogP contribution in [-0.2, 0) is 27.2 Å². The SMILES string of the molecule is COC(=O)CCc1cnc([C@@H]2CC3CCCCC3N2C(=O)Cc2cc(Cl)c(NC(=O)c3csc4ccccc34)cc2F)s1. The summed E-state index contributed by atoms with van der Waals surface area (Å²) in [7, 11) is 1.37. The third-order valence-electron chi connectivity index (χ3n) is 8.49. The summed E-state index contributed by atoms with van der Waals surface area (Å²) in [5.74, 6) is -1.03. The first-order valence-corrected chi connectivity index (χ1v) is 16.5. The zero-order chi connectivity index (χ0) is 30.1. The number of thiazole rings is 1. The van der Waals surface area contributed by atoms with Crippen LogP contribution in [0.5, 0.6) is 0 Å². The van der Waals surface area contributed by atoms with Crippen molar-refractivity contribution in [1.29, 1.82) is 0 Å². The number of amides is 2. The van der Waals surface area contributed by atoms with Crippen LogP contribution >= 0.6 is 34.3 Å². The maximum Gasteiger partial charge on any atom is 0.305 e. The summed E-state index contributed by atoms with van der Waals surface area (Å²) < 4.78 is 21.2. The Morgan fingerprint density at radius 1 is 1.19 bits per heavy atom. The van der Waals surface area contributed by atoms with Gasteiger partial charge < -0.3 is 15.0 Å². The van der Waals surface area contributed by atoms with E-state index in [4.69, 9.17) is 16.3 Å². The predicted molar refractivity (Wildman–Crippen MR) is 167 cm³/mol. The van der Waals surface area contributed by atoms with E-state index in [9.17, 15) is 14.4 Å². The van der Waals surface area contributed by atoms with E-state index in [0.29, 0.717) is 17.9 Å². The molecule has 2 amide bonds. The van der Waals surface area contributed by atoms with Crippen molar-refractivity contribution in [3.05, 3.63) is 79.8 Å². The zero-order valence-electron chi connectivity index (χ0n) is 23.6. The number of nitrogens with zero attached hydrogens (tertiary/aromatic N) is 2. The van der Waals surface area contributed by atoms with Crippen molar-refractivity contribution in [2.75, 3.05) is 12.4 Å². The molecule has 1 aliphatic heterocycles. The molecule has 7 nitrogen and oxygen atoms in total. The number of anilines is 1. The van der Waals surface area contributed by atoms with Gasteiger partial charge in [-0.2, -0.15) is 0 Å². The molecule has 1 aliphatic carbocycles. The zero-order valence-corrected chi connectivity index (χ0v) is 26.0. The van der Waals surface area contributed by atoms with Gasteiger partial charge in [0.25, 0.3) is 5.91 Å². The van der Waals surface area contributed by atoms with E-state index in [0.717, 1.165) is 52.1 Å². The lowest BCUT2D eigenvalue weighted by molar-refractivity contribution is -0.140. The number of aryl methyl sites for hydroxylation is 1. The van der Waals surface area contributed by atoms with Gasteiger partial charge in [-0.3, -0.25) is 14.4 Å². The van der Waals surface area contributed by atoms with Gasteiger partial charge in [0.1, 0.15) is 10.8 Å². The average Bonchev–Trinajstić information content (AvgIpc) is 3.75. The summed E-state index contributed by atoms with van der Waals surface area (Å²) >= 11 is 9.51. The Morgan fingerprint density at radius 2 is 2.00 bits per heavy atom. The van der Waals surface area contributed by atoms with E-state index in [1.807, 2.05) is 29.2 Å². The molecule has 3 heterocycles. The van der Waals surface area contributed by atoms with Crippen LogP contribution in [-0.4, -0.2) is 40.8 Å². The molecule has 2 fully saturated rings. The second kappa shape index (κ2) is 12.7. The van der Waals surface area contributed by atoms with E-state index in [-0.39, 0.29) is 59.0 Å². The lowest BCUT2D eigenvalue weighted by Gasteiger charge is -2.33. The van der Waals surface area contributed by atoms with Crippen LogP contribution in [0.2, 0.25) is 5.02 Å². The Morgan fingerprint density at radius 3 is 2.84 bits per heavy atom. The summed E-state index contributed by atoms with van der Waals surface area (Å²) in [4.78, 5) is 46.0. The van der Waals surface area contributed by atoms with E-state index in [1.54, 1.807) is 11.6 Å². The highest BCUT2D eigenvalue weighted by atomic mass is 35.5. The Kier molecular flexibility index (Phi) is 8.79. The number of aromatic nitrogens is 1. The first-order valence-electron chi connectivity index (χ1n) is 14.4. The molecule has 4 aromatic rings. The molecule has 224 valence electrons. The van der Waals surface area contributed by atoms with E-state index in [2.05, 4.69) is 10.3 Å². The molecule has 0 bridgehead atoms. The Labute approximate surface area is 262 Å². The second-order valence-corrected chi connectivity index (χ2v) is 13.6. The number of methoxy groups -OCH3 is 1. The molecule has 1 saturated heterocycles. The highest BCUT2D eigenvalue weighted by Gasteiger charge is 2.46. The topological polar surface area (TPSA) is 88.6 Å². The molecule has 2 unspecified atom stereocenters. The van der Waals surface area contributed by atoms with Gasteiger partial charge in [0.2, 0.25) is 5.91 Å². The summed E-state index contributed by atoms with van der Waals surface area (Å²) in [6.07, 6.45) is 7.42. The minimum atomic E-state index is -0.599. The van der Waals surface area contributed by atoms with Crippen molar-refractivity contribution in [2.45, 2.75) is 63.5 Å². The number of fused-ring (bicyclic) bond motifs is 2. The summed E-state index contributed by atoms with van der Waals surface area (Å²) in [5.41, 5.74) is 0.836. The Bertz CT molecular complexity index is 1690. The third-order valence-corrected chi connectivity index (χ3v) is 10.9. The molecule has 2 aromatic carbocycles. The van der Waals surface area contributed by atoms with Crippen molar-refractivity contribution in [2.24, 2.45) is 5.92 Å². The molecule has 1 N–H and O–H groups in total. The first kappa shape index (κ1) is 29.7. The van der Waals surface area contributed by atoms with Crippen molar-refractivity contribution in [1.82, 2.24) is 9.88 Å². The fourth-order valence-electron chi connectivity index (χ4n) is 6.38. The van der Waals surface area contributed by atoms with Gasteiger partial charge in [0.15, 0.2) is 0 Å². The number of hydrogen-bond donors (Lipinski definition) is 1. The number of nitrogens with one attached hydrogen (secondary N) is 1. The Hall–Kier alpha value is -3.34. The monoisotopic (exact) mass is 639 g/mol. The quantitative estimate of drug-likeness (QED) is 0.201. The molecular weight excluding hydrogens is 609 g/mol. The second-order valence-electron chi connectivity index (χ2n) is 11.1. The molecular formula is C32H31ClFN3O4S2. The fourth-order valence-corrected chi connectivity index (χ4v) is 8.58. The number of esters is 1. The molecule has 0 radical (unpaired) electrons. The van der Waals surface area contributed by atoms with Crippen LogP contribution in [0.4, 0.5) is 10.1 Å². The lowest BCUT2D eigenvalue weighted by Crippen LogP contribution is -2.41. The minimum Gasteiger partial charge on any atom is -0.469 e. The van der Waals surface area contributed by atoms with Crippen molar-refractivity contribution >= 4 is 67.8 Å². The van der Waals surface area contributed by atoms with Crippen molar-refractivity contribution < 1.29 is 23.5 Å². The summed E-state index contributed by atoms with van der Waals surface area (Å²) in [6.45, 7) is 0. The molecule has 3 atom stereocenters. The number of rotatable bonds is 8. The van der Waals surface area contributed by atoms with Gasteiger partial charge in [-0.1, -0.05) is 42.6 Å². The maximum atomic E-state index is 15.4. The van der Waals surface area contributed by atoms with Gasteiger partial charge in [-0.15, -0.1) is 22.7 Å². The largest absolute Gasteiger partial charge is 0.469 e. The molecule has 0 spiro atoms. The molecule has 6 rings (SSSR count). The normalized spacial score (nSPS) is 19.8. The van der Waals surface area contributed by atoms with Crippen LogP contribution in [0.1, 0.15) is 70.4 Å². The van der Waals surface area contributed by atoms with Crippen LogP contribution in [0.15, 0.2) is 48.0 Å². The van der Waals surface area contributed by atoms with Crippen LogP contribution in [0.3, 0.4) is 0 Å². The highest BCUT2D eigenvalue weighted by molar-refractivity contribution is 7.17.